The van der Waals surface area contributed by atoms with Crippen LogP contribution in [-0.4, -0.2) is 42.4 Å². The smallest absolute Gasteiger partial charge is 0.339 e. The van der Waals surface area contributed by atoms with Gasteiger partial charge in [0.25, 0.3) is 5.89 Å². The first-order valence-corrected chi connectivity index (χ1v) is 9.70. The van der Waals surface area contributed by atoms with Crippen molar-refractivity contribution in [1.82, 2.24) is 15.1 Å². The Morgan fingerprint density at radius 2 is 1.69 bits per heavy atom. The molecule has 9 heteroatoms. The van der Waals surface area contributed by atoms with Crippen LogP contribution in [0.1, 0.15) is 22.1 Å². The standard InChI is InChI=1S/C23H21N3O6/c1-13-24-21(32-26-13)12-31-23(27)16-11-18(25-17-8-6-5-7-15(16)17)14-9-19(28-2)22(30-4)20(10-14)29-3/h5-11H,12H2,1-4H3. The van der Waals surface area contributed by atoms with E-state index in [1.165, 1.54) is 21.3 Å². The van der Waals surface area contributed by atoms with Gasteiger partial charge in [-0.05, 0) is 31.2 Å². The van der Waals surface area contributed by atoms with E-state index in [0.717, 1.165) is 0 Å². The molecule has 9 nitrogen and oxygen atoms in total. The summed E-state index contributed by atoms with van der Waals surface area (Å²) in [4.78, 5) is 21.7. The summed E-state index contributed by atoms with van der Waals surface area (Å²) in [7, 11) is 4.61. The third-order valence-electron chi connectivity index (χ3n) is 4.79. The highest BCUT2D eigenvalue weighted by Crippen LogP contribution is 2.41. The highest BCUT2D eigenvalue weighted by molar-refractivity contribution is 6.04. The maximum Gasteiger partial charge on any atom is 0.339 e. The summed E-state index contributed by atoms with van der Waals surface area (Å²) in [5.74, 6) is 1.58. The zero-order chi connectivity index (χ0) is 22.7. The van der Waals surface area contributed by atoms with Gasteiger partial charge in [0.15, 0.2) is 23.9 Å². The van der Waals surface area contributed by atoms with E-state index in [4.69, 9.17) is 28.5 Å². The molecular formula is C23H21N3O6. The molecule has 2 heterocycles. The molecule has 0 radical (unpaired) electrons. The molecule has 0 amide bonds. The number of para-hydroxylation sites is 1. The first-order chi connectivity index (χ1) is 15.5. The van der Waals surface area contributed by atoms with Crippen molar-refractivity contribution in [3.8, 4) is 28.5 Å². The van der Waals surface area contributed by atoms with Crippen molar-refractivity contribution < 1.29 is 28.3 Å². The zero-order valence-corrected chi connectivity index (χ0v) is 18.0. The summed E-state index contributed by atoms with van der Waals surface area (Å²) in [5.41, 5.74) is 2.23. The number of benzene rings is 2. The molecule has 0 unspecified atom stereocenters. The van der Waals surface area contributed by atoms with Crippen LogP contribution in [0.15, 0.2) is 47.0 Å². The Labute approximate surface area is 183 Å². The second-order valence-electron chi connectivity index (χ2n) is 6.80. The number of aryl methyl sites for hydroxylation is 1. The van der Waals surface area contributed by atoms with Gasteiger partial charge in [0, 0.05) is 10.9 Å². The molecule has 0 atom stereocenters. The van der Waals surface area contributed by atoms with Gasteiger partial charge in [0.1, 0.15) is 0 Å². The molecule has 0 N–H and O–H groups in total. The number of hydrogen-bond donors (Lipinski definition) is 0. The number of rotatable bonds is 7. The second-order valence-corrected chi connectivity index (χ2v) is 6.80. The van der Waals surface area contributed by atoms with Crippen LogP contribution in [0.25, 0.3) is 22.2 Å². The van der Waals surface area contributed by atoms with Crippen LogP contribution < -0.4 is 14.2 Å². The highest BCUT2D eigenvalue weighted by Gasteiger charge is 2.19. The summed E-state index contributed by atoms with van der Waals surface area (Å²) in [6, 6.07) is 12.5. The van der Waals surface area contributed by atoms with E-state index in [0.29, 0.717) is 50.8 Å². The number of esters is 1. The van der Waals surface area contributed by atoms with Gasteiger partial charge >= 0.3 is 5.97 Å². The predicted octanol–water partition coefficient (Wildman–Crippen LogP) is 3.98. The van der Waals surface area contributed by atoms with E-state index in [1.807, 2.05) is 24.3 Å². The maximum atomic E-state index is 13.0. The first-order valence-electron chi connectivity index (χ1n) is 9.70. The molecule has 0 aliphatic rings. The quantitative estimate of drug-likeness (QED) is 0.399. The van der Waals surface area contributed by atoms with Crippen LogP contribution >= 0.6 is 0 Å². The van der Waals surface area contributed by atoms with Crippen molar-refractivity contribution in [1.29, 1.82) is 0 Å². The molecule has 0 saturated heterocycles. The fourth-order valence-electron chi connectivity index (χ4n) is 3.32. The third-order valence-corrected chi connectivity index (χ3v) is 4.79. The van der Waals surface area contributed by atoms with Crippen LogP contribution in [0.4, 0.5) is 0 Å². The molecule has 0 fully saturated rings. The number of hydrogen-bond acceptors (Lipinski definition) is 9. The molecule has 2 aromatic heterocycles. The third kappa shape index (κ3) is 4.04. The monoisotopic (exact) mass is 435 g/mol. The number of carbonyl (C=O) groups is 1. The van der Waals surface area contributed by atoms with Gasteiger partial charge in [-0.3, -0.25) is 0 Å². The average molecular weight is 435 g/mol. The molecular weight excluding hydrogens is 414 g/mol. The Morgan fingerprint density at radius 3 is 2.31 bits per heavy atom. The molecule has 0 aliphatic heterocycles. The molecule has 4 aromatic rings. The van der Waals surface area contributed by atoms with Gasteiger partial charge in [-0.15, -0.1) is 0 Å². The van der Waals surface area contributed by atoms with Crippen molar-refractivity contribution in [3.05, 3.63) is 59.7 Å². The summed E-state index contributed by atoms with van der Waals surface area (Å²) in [5, 5.41) is 4.36. The van der Waals surface area contributed by atoms with E-state index in [-0.39, 0.29) is 12.5 Å². The van der Waals surface area contributed by atoms with Crippen molar-refractivity contribution in [2.24, 2.45) is 0 Å². The van der Waals surface area contributed by atoms with Crippen LogP contribution in [0.2, 0.25) is 0 Å². The number of fused-ring (bicyclic) bond motifs is 1. The van der Waals surface area contributed by atoms with Crippen molar-refractivity contribution >= 4 is 16.9 Å². The minimum Gasteiger partial charge on any atom is -0.493 e. The van der Waals surface area contributed by atoms with Gasteiger partial charge < -0.3 is 23.5 Å². The van der Waals surface area contributed by atoms with Gasteiger partial charge in [-0.1, -0.05) is 23.4 Å². The SMILES string of the molecule is COc1cc(-c2cc(C(=O)OCc3nc(C)no3)c3ccccc3n2)cc(OC)c1OC. The normalized spacial score (nSPS) is 10.8. The first kappa shape index (κ1) is 21.1. The predicted molar refractivity (Wildman–Crippen MR) is 115 cm³/mol. The summed E-state index contributed by atoms with van der Waals surface area (Å²) in [6.07, 6.45) is 0. The number of nitrogens with zero attached hydrogens (tertiary/aromatic N) is 3. The number of methoxy groups -OCH3 is 3. The Bertz CT molecular complexity index is 1260. The van der Waals surface area contributed by atoms with Crippen LogP contribution in [-0.2, 0) is 11.3 Å². The average Bonchev–Trinajstić information content (AvgIpc) is 3.25. The van der Waals surface area contributed by atoms with Gasteiger partial charge in [0.2, 0.25) is 5.75 Å². The minimum atomic E-state index is -0.534. The Hall–Kier alpha value is -4.14. The van der Waals surface area contributed by atoms with Gasteiger partial charge in [-0.2, -0.15) is 4.98 Å². The zero-order valence-electron chi connectivity index (χ0n) is 18.0. The fourth-order valence-corrected chi connectivity index (χ4v) is 3.32. The minimum absolute atomic E-state index is 0.129. The molecule has 164 valence electrons. The number of aromatic nitrogens is 3. The highest BCUT2D eigenvalue weighted by atomic mass is 16.6. The van der Waals surface area contributed by atoms with Gasteiger partial charge in [0.05, 0.1) is 38.1 Å². The van der Waals surface area contributed by atoms with E-state index in [2.05, 4.69) is 10.1 Å². The molecule has 0 bridgehead atoms. The lowest BCUT2D eigenvalue weighted by molar-refractivity contribution is 0.0432. The number of pyridine rings is 1. The Kier molecular flexibility index (Phi) is 5.89. The second kappa shape index (κ2) is 8.93. The molecule has 0 spiro atoms. The van der Waals surface area contributed by atoms with E-state index < -0.39 is 5.97 Å². The number of ether oxygens (including phenoxy) is 4. The van der Waals surface area contributed by atoms with E-state index >= 15 is 0 Å². The molecule has 2 aromatic carbocycles. The van der Waals surface area contributed by atoms with Crippen LogP contribution in [0.5, 0.6) is 17.2 Å². The molecule has 32 heavy (non-hydrogen) atoms. The van der Waals surface area contributed by atoms with Gasteiger partial charge in [-0.25, -0.2) is 9.78 Å². The molecule has 0 aliphatic carbocycles. The molecule has 0 saturated carbocycles. The van der Waals surface area contributed by atoms with Crippen LogP contribution in [0, 0.1) is 6.92 Å². The van der Waals surface area contributed by atoms with Crippen molar-refractivity contribution in [2.45, 2.75) is 13.5 Å². The summed E-state index contributed by atoms with van der Waals surface area (Å²) in [6.45, 7) is 1.56. The Morgan fingerprint density at radius 1 is 0.969 bits per heavy atom. The topological polar surface area (TPSA) is 106 Å². The Balaban J connectivity index is 1.78. The van der Waals surface area contributed by atoms with Crippen LogP contribution in [0.3, 0.4) is 0 Å². The van der Waals surface area contributed by atoms with Crippen molar-refractivity contribution in [3.63, 3.8) is 0 Å². The largest absolute Gasteiger partial charge is 0.493 e. The molecule has 4 rings (SSSR count). The summed E-state index contributed by atoms with van der Waals surface area (Å²) >= 11 is 0. The maximum absolute atomic E-state index is 13.0. The van der Waals surface area contributed by atoms with Crippen molar-refractivity contribution in [2.75, 3.05) is 21.3 Å². The summed E-state index contributed by atoms with van der Waals surface area (Å²) < 4.78 is 26.7. The lowest BCUT2D eigenvalue weighted by Crippen LogP contribution is -2.07. The van der Waals surface area contributed by atoms with E-state index in [9.17, 15) is 4.79 Å². The lowest BCUT2D eigenvalue weighted by atomic mass is 10.0. The van der Waals surface area contributed by atoms with E-state index in [1.54, 1.807) is 25.1 Å². The lowest BCUT2D eigenvalue weighted by Gasteiger charge is -2.15. The number of carbonyl (C=O) groups excluding carboxylic acids is 1. The fraction of sp³-hybridized carbons (Fsp3) is 0.217.